The van der Waals surface area contributed by atoms with Crippen molar-refractivity contribution in [1.29, 1.82) is 0 Å². The monoisotopic (exact) mass is 498 g/mol. The molecule has 0 aliphatic carbocycles. The lowest BCUT2D eigenvalue weighted by atomic mass is 9.90. The van der Waals surface area contributed by atoms with Crippen molar-refractivity contribution in [1.82, 2.24) is 0 Å². The lowest BCUT2D eigenvalue weighted by molar-refractivity contribution is -0.383. The molecule has 0 bridgehead atoms. The van der Waals surface area contributed by atoms with E-state index in [-0.39, 0.29) is 0 Å². The van der Waals surface area contributed by atoms with E-state index in [0.717, 1.165) is 0 Å². The first-order chi connectivity index (χ1) is 13.4. The number of ether oxygens (including phenoxy) is 2. The van der Waals surface area contributed by atoms with Crippen LogP contribution >= 0.6 is 0 Å². The molecule has 0 unspecified atom stereocenters. The highest BCUT2D eigenvalue weighted by molar-refractivity contribution is 4.87. The molecule has 0 aromatic carbocycles. The third-order valence-corrected chi connectivity index (χ3v) is 3.68. The summed E-state index contributed by atoms with van der Waals surface area (Å²) in [5.41, 5.74) is 7.48. The summed E-state index contributed by atoms with van der Waals surface area (Å²) in [7, 11) is 0. The van der Waals surface area contributed by atoms with Gasteiger partial charge >= 0.3 is 36.4 Å². The van der Waals surface area contributed by atoms with Gasteiger partial charge in [-0.15, -0.1) is 0 Å². The topological polar surface area (TPSA) is 70.5 Å². The molecule has 31 heavy (non-hydrogen) atoms. The summed E-state index contributed by atoms with van der Waals surface area (Å²) in [6.45, 7) is -6.13. The van der Waals surface area contributed by atoms with Crippen molar-refractivity contribution in [3.63, 3.8) is 0 Å². The maximum Gasteiger partial charge on any atom is 0.419 e. The molecule has 4 N–H and O–H groups in total. The summed E-state index contributed by atoms with van der Waals surface area (Å²) in [4.78, 5) is 0. The van der Waals surface area contributed by atoms with Crippen LogP contribution in [0.2, 0.25) is 0 Å². The molecule has 0 aliphatic heterocycles. The second-order valence-corrected chi connectivity index (χ2v) is 6.51. The Morgan fingerprint density at radius 3 is 0.935 bits per heavy atom. The minimum atomic E-state index is -5.85. The van der Waals surface area contributed by atoms with Gasteiger partial charge in [-0.1, -0.05) is 0 Å². The van der Waals surface area contributed by atoms with Crippen LogP contribution in [-0.4, -0.2) is 62.7 Å². The standard InChI is InChI=1S/C13H16F14N2O2/c14-8(15,1-10(18,19)20)12(24,25)30-5-7(3-28,4-29)6-31-13(26,27)9(16,17)2-11(21,22)23/h1-6,28-29H2. The maximum absolute atomic E-state index is 13.4. The van der Waals surface area contributed by atoms with Crippen molar-refractivity contribution in [2.45, 2.75) is 49.3 Å². The Balaban J connectivity index is 5.42. The highest BCUT2D eigenvalue weighted by atomic mass is 19.4. The molecule has 0 rings (SSSR count). The van der Waals surface area contributed by atoms with E-state index in [0.29, 0.717) is 0 Å². The molecule has 0 atom stereocenters. The van der Waals surface area contributed by atoms with E-state index in [2.05, 4.69) is 9.47 Å². The fourth-order valence-corrected chi connectivity index (χ4v) is 1.77. The van der Waals surface area contributed by atoms with Crippen LogP contribution in [0, 0.1) is 5.41 Å². The Morgan fingerprint density at radius 2 is 0.742 bits per heavy atom. The maximum atomic E-state index is 13.4. The van der Waals surface area contributed by atoms with Gasteiger partial charge in [0.2, 0.25) is 0 Å². The molecule has 0 fully saturated rings. The highest BCUT2D eigenvalue weighted by Crippen LogP contribution is 2.45. The second kappa shape index (κ2) is 9.38. The fourth-order valence-electron chi connectivity index (χ4n) is 1.77. The molecule has 18 heteroatoms. The minimum absolute atomic E-state index is 1.16. The van der Waals surface area contributed by atoms with Crippen LogP contribution < -0.4 is 11.5 Å². The molecule has 0 saturated heterocycles. The summed E-state index contributed by atoms with van der Waals surface area (Å²) in [5.74, 6) is -11.7. The molecule has 0 amide bonds. The van der Waals surface area contributed by atoms with Crippen molar-refractivity contribution < 1.29 is 70.9 Å². The van der Waals surface area contributed by atoms with Crippen LogP contribution in [0.25, 0.3) is 0 Å². The molecule has 0 aromatic heterocycles. The normalized spacial score (nSPS) is 15.5. The Morgan fingerprint density at radius 1 is 0.484 bits per heavy atom. The van der Waals surface area contributed by atoms with Crippen molar-refractivity contribution in [3.05, 3.63) is 0 Å². The van der Waals surface area contributed by atoms with Gasteiger partial charge in [0.15, 0.2) is 0 Å². The minimum Gasteiger partial charge on any atom is -0.330 e. The molecular formula is C13H16F14N2O2. The average molecular weight is 498 g/mol. The summed E-state index contributed by atoms with van der Waals surface area (Å²) in [5, 5.41) is 0. The summed E-state index contributed by atoms with van der Waals surface area (Å²) in [6.07, 6.45) is -29.9. The molecule has 0 radical (unpaired) electrons. The van der Waals surface area contributed by atoms with Crippen molar-refractivity contribution >= 4 is 0 Å². The molecule has 0 heterocycles. The molecule has 0 spiro atoms. The van der Waals surface area contributed by atoms with Gasteiger partial charge in [-0.3, -0.25) is 0 Å². The first-order valence-electron chi connectivity index (χ1n) is 7.78. The van der Waals surface area contributed by atoms with Gasteiger partial charge in [0, 0.05) is 18.5 Å². The van der Waals surface area contributed by atoms with E-state index in [1.165, 1.54) is 0 Å². The van der Waals surface area contributed by atoms with Gasteiger partial charge in [-0.2, -0.15) is 61.5 Å². The van der Waals surface area contributed by atoms with Crippen molar-refractivity contribution in [3.8, 4) is 0 Å². The molecule has 0 aromatic rings. The van der Waals surface area contributed by atoms with Gasteiger partial charge in [0.1, 0.15) is 12.8 Å². The lowest BCUT2D eigenvalue weighted by Gasteiger charge is -2.36. The number of halogens is 14. The fraction of sp³-hybridized carbons (Fsp3) is 1.00. The van der Waals surface area contributed by atoms with Gasteiger partial charge < -0.3 is 20.9 Å². The Bertz CT molecular complexity index is 526. The lowest BCUT2D eigenvalue weighted by Crippen LogP contribution is -2.54. The van der Waals surface area contributed by atoms with Crippen molar-refractivity contribution in [2.24, 2.45) is 16.9 Å². The molecular weight excluding hydrogens is 482 g/mol. The zero-order valence-electron chi connectivity index (χ0n) is 15.0. The van der Waals surface area contributed by atoms with Gasteiger partial charge in [-0.05, 0) is 0 Å². The van der Waals surface area contributed by atoms with E-state index in [1.807, 2.05) is 0 Å². The summed E-state index contributed by atoms with van der Waals surface area (Å²) >= 11 is 0. The van der Waals surface area contributed by atoms with E-state index in [4.69, 9.17) is 11.5 Å². The van der Waals surface area contributed by atoms with Crippen LogP contribution in [0.5, 0.6) is 0 Å². The van der Waals surface area contributed by atoms with Crippen molar-refractivity contribution in [2.75, 3.05) is 26.3 Å². The van der Waals surface area contributed by atoms with E-state index in [9.17, 15) is 61.5 Å². The number of alkyl halides is 14. The van der Waals surface area contributed by atoms with Crippen LogP contribution in [-0.2, 0) is 9.47 Å². The number of rotatable bonds is 12. The summed E-state index contributed by atoms with van der Waals surface area (Å²) in [6, 6.07) is 0. The van der Waals surface area contributed by atoms with E-state index >= 15 is 0 Å². The van der Waals surface area contributed by atoms with Crippen LogP contribution in [0.1, 0.15) is 12.8 Å². The smallest absolute Gasteiger partial charge is 0.330 e. The number of nitrogens with two attached hydrogens (primary N) is 2. The first kappa shape index (κ1) is 29.9. The summed E-state index contributed by atoms with van der Waals surface area (Å²) < 4.78 is 185. The quantitative estimate of drug-likeness (QED) is 0.394. The van der Waals surface area contributed by atoms with Gasteiger partial charge in [0.05, 0.1) is 13.2 Å². The van der Waals surface area contributed by atoms with Crippen LogP contribution in [0.4, 0.5) is 61.5 Å². The Labute approximate surface area is 164 Å². The first-order valence-corrected chi connectivity index (χ1v) is 7.78. The molecule has 188 valence electrons. The van der Waals surface area contributed by atoms with Crippen LogP contribution in [0.3, 0.4) is 0 Å². The van der Waals surface area contributed by atoms with Gasteiger partial charge in [0.25, 0.3) is 0 Å². The molecule has 0 aliphatic rings. The highest BCUT2D eigenvalue weighted by Gasteiger charge is 2.64. The predicted molar refractivity (Wildman–Crippen MR) is 73.6 cm³/mol. The molecule has 0 saturated carbocycles. The second-order valence-electron chi connectivity index (χ2n) is 6.51. The SMILES string of the molecule is NCC(CN)(COC(F)(F)C(F)(F)CC(F)(F)F)COC(F)(F)C(F)(F)CC(F)(F)F. The Hall–Kier alpha value is -1.14. The van der Waals surface area contributed by atoms with E-state index in [1.54, 1.807) is 0 Å². The Kier molecular flexibility index (Phi) is 9.04. The van der Waals surface area contributed by atoms with Crippen LogP contribution in [0.15, 0.2) is 0 Å². The zero-order valence-corrected chi connectivity index (χ0v) is 15.0. The number of hydrogen-bond acceptors (Lipinski definition) is 4. The number of hydrogen-bond donors (Lipinski definition) is 2. The third kappa shape index (κ3) is 8.72. The van der Waals surface area contributed by atoms with E-state index < -0.39 is 81.0 Å². The zero-order chi connectivity index (χ0) is 25.2. The average Bonchev–Trinajstić information content (AvgIpc) is 2.51. The van der Waals surface area contributed by atoms with Gasteiger partial charge in [-0.25, -0.2) is 0 Å². The molecule has 4 nitrogen and oxygen atoms in total. The largest absolute Gasteiger partial charge is 0.419 e. The third-order valence-electron chi connectivity index (χ3n) is 3.68. The predicted octanol–water partition coefficient (Wildman–Crippen LogP) is 4.28.